The van der Waals surface area contributed by atoms with Crippen LogP contribution in [0.4, 0.5) is 0 Å². The average Bonchev–Trinajstić information content (AvgIpc) is 2.62. The summed E-state index contributed by atoms with van der Waals surface area (Å²) in [4.78, 5) is 0. The summed E-state index contributed by atoms with van der Waals surface area (Å²) in [5.41, 5.74) is 6.57. The molecule has 0 fully saturated rings. The van der Waals surface area contributed by atoms with Gasteiger partial charge in [-0.05, 0) is 35.0 Å². The molecular formula is C18H22. The van der Waals surface area contributed by atoms with Crippen LogP contribution < -0.4 is 0 Å². The molecule has 1 atom stereocenters. The minimum absolute atomic E-state index is 0.184. The van der Waals surface area contributed by atoms with Crippen molar-refractivity contribution in [2.24, 2.45) is 5.41 Å². The maximum Gasteiger partial charge on any atom is 0.0197 e. The minimum Gasteiger partial charge on any atom is -0.0836 e. The van der Waals surface area contributed by atoms with Crippen LogP contribution in [-0.2, 0) is 5.41 Å². The van der Waals surface area contributed by atoms with Gasteiger partial charge in [-0.2, -0.15) is 0 Å². The molecule has 0 bridgehead atoms. The van der Waals surface area contributed by atoms with Crippen molar-refractivity contribution >= 4 is 5.57 Å². The van der Waals surface area contributed by atoms with E-state index in [0.717, 1.165) is 0 Å². The predicted octanol–water partition coefficient (Wildman–Crippen LogP) is 5.11. The van der Waals surface area contributed by atoms with E-state index in [-0.39, 0.29) is 10.8 Å². The molecule has 94 valence electrons. The molecule has 0 aromatic heterocycles. The van der Waals surface area contributed by atoms with Crippen molar-refractivity contribution in [3.63, 3.8) is 0 Å². The Kier molecular flexibility index (Phi) is 2.35. The van der Waals surface area contributed by atoms with Gasteiger partial charge in [0.05, 0.1) is 0 Å². The highest BCUT2D eigenvalue weighted by Crippen LogP contribution is 2.57. The van der Waals surface area contributed by atoms with Gasteiger partial charge in [-0.15, -0.1) is 0 Å². The monoisotopic (exact) mass is 238 g/mol. The van der Waals surface area contributed by atoms with Gasteiger partial charge in [0.15, 0.2) is 0 Å². The third kappa shape index (κ3) is 1.32. The summed E-state index contributed by atoms with van der Waals surface area (Å²) in [6.45, 7) is 9.56. The van der Waals surface area contributed by atoms with Crippen molar-refractivity contribution in [1.29, 1.82) is 0 Å². The molecule has 0 saturated heterocycles. The van der Waals surface area contributed by atoms with Crippen molar-refractivity contribution in [2.45, 2.75) is 46.0 Å². The van der Waals surface area contributed by atoms with E-state index in [1.807, 2.05) is 0 Å². The van der Waals surface area contributed by atoms with Gasteiger partial charge in [0, 0.05) is 5.41 Å². The summed E-state index contributed by atoms with van der Waals surface area (Å²) >= 11 is 0. The van der Waals surface area contributed by atoms with E-state index in [4.69, 9.17) is 0 Å². The van der Waals surface area contributed by atoms with Crippen LogP contribution in [0.2, 0.25) is 0 Å². The molecule has 0 saturated carbocycles. The second-order valence-corrected chi connectivity index (χ2v) is 6.75. The van der Waals surface area contributed by atoms with Crippen LogP contribution >= 0.6 is 0 Å². The number of rotatable bonds is 0. The third-order valence-corrected chi connectivity index (χ3v) is 5.03. The highest BCUT2D eigenvalue weighted by atomic mass is 14.5. The van der Waals surface area contributed by atoms with Crippen LogP contribution in [0.1, 0.15) is 51.7 Å². The maximum atomic E-state index is 2.44. The Morgan fingerprint density at radius 1 is 1.11 bits per heavy atom. The molecule has 2 aliphatic carbocycles. The van der Waals surface area contributed by atoms with Crippen molar-refractivity contribution in [1.82, 2.24) is 0 Å². The molecule has 0 heteroatoms. The molecule has 18 heavy (non-hydrogen) atoms. The molecule has 2 aliphatic rings. The summed E-state index contributed by atoms with van der Waals surface area (Å²) in [5.74, 6) is 0. The summed E-state index contributed by atoms with van der Waals surface area (Å²) in [6, 6.07) is 8.97. The van der Waals surface area contributed by atoms with Gasteiger partial charge in [0.2, 0.25) is 0 Å². The van der Waals surface area contributed by atoms with Gasteiger partial charge < -0.3 is 0 Å². The Bertz CT molecular complexity index is 552. The van der Waals surface area contributed by atoms with E-state index in [2.05, 4.69) is 64.1 Å². The molecule has 0 nitrogen and oxygen atoms in total. The van der Waals surface area contributed by atoms with Crippen molar-refractivity contribution in [3.05, 3.63) is 53.1 Å². The van der Waals surface area contributed by atoms with Crippen LogP contribution in [0.5, 0.6) is 0 Å². The Morgan fingerprint density at radius 3 is 2.56 bits per heavy atom. The summed E-state index contributed by atoms with van der Waals surface area (Å²) in [6.07, 6.45) is 7.07. The van der Waals surface area contributed by atoms with Gasteiger partial charge >= 0.3 is 0 Å². The number of hydrogen-bond acceptors (Lipinski definition) is 0. The lowest BCUT2D eigenvalue weighted by molar-refractivity contribution is 0.243. The molecule has 1 aromatic carbocycles. The fourth-order valence-corrected chi connectivity index (χ4v) is 3.61. The van der Waals surface area contributed by atoms with E-state index >= 15 is 0 Å². The van der Waals surface area contributed by atoms with Crippen LogP contribution in [0.25, 0.3) is 5.57 Å². The first-order chi connectivity index (χ1) is 8.46. The Hall–Kier alpha value is -1.30. The normalized spacial score (nSPS) is 26.2. The van der Waals surface area contributed by atoms with Crippen molar-refractivity contribution < 1.29 is 0 Å². The molecule has 1 unspecified atom stereocenters. The van der Waals surface area contributed by atoms with Gasteiger partial charge in [0.25, 0.3) is 0 Å². The molecule has 0 N–H and O–H groups in total. The zero-order chi connectivity index (χ0) is 13.0. The first-order valence-electron chi connectivity index (χ1n) is 6.96. The van der Waals surface area contributed by atoms with E-state index in [1.54, 1.807) is 5.57 Å². The second kappa shape index (κ2) is 3.60. The lowest BCUT2D eigenvalue weighted by atomic mass is 9.61. The van der Waals surface area contributed by atoms with Crippen LogP contribution in [0.3, 0.4) is 0 Å². The topological polar surface area (TPSA) is 0 Å². The smallest absolute Gasteiger partial charge is 0.0197 e. The molecule has 0 radical (unpaired) electrons. The van der Waals surface area contributed by atoms with Crippen LogP contribution in [-0.4, -0.2) is 0 Å². The van der Waals surface area contributed by atoms with Gasteiger partial charge in [0.1, 0.15) is 0 Å². The average molecular weight is 238 g/mol. The molecule has 0 amide bonds. The zero-order valence-corrected chi connectivity index (χ0v) is 11.9. The standard InChI is InChI=1S/C18H22/c1-17(2,3)18(4)15-11-7-5-9-13(15)14-10-6-8-12-16(14)18/h5-7,9-11H,8,12H2,1-4H3. The largest absolute Gasteiger partial charge is 0.0836 e. The zero-order valence-electron chi connectivity index (χ0n) is 11.9. The highest BCUT2D eigenvalue weighted by Gasteiger charge is 2.48. The summed E-state index contributed by atoms with van der Waals surface area (Å²) in [7, 11) is 0. The SMILES string of the molecule is CC(C)(C)C1(C)C2=C(C=CCC2)c2ccccc21. The van der Waals surface area contributed by atoms with Gasteiger partial charge in [-0.1, -0.05) is 69.7 Å². The quantitative estimate of drug-likeness (QED) is 0.589. The van der Waals surface area contributed by atoms with Gasteiger partial charge in [-0.25, -0.2) is 0 Å². The Labute approximate surface area is 110 Å². The van der Waals surface area contributed by atoms with Crippen molar-refractivity contribution in [3.8, 4) is 0 Å². The van der Waals surface area contributed by atoms with E-state index in [1.165, 1.54) is 29.5 Å². The molecule has 3 rings (SSSR count). The minimum atomic E-state index is 0.184. The first-order valence-corrected chi connectivity index (χ1v) is 6.96. The number of benzene rings is 1. The summed E-state index contributed by atoms with van der Waals surface area (Å²) < 4.78 is 0. The second-order valence-electron chi connectivity index (χ2n) is 6.75. The summed E-state index contributed by atoms with van der Waals surface area (Å²) in [5, 5.41) is 0. The number of hydrogen-bond donors (Lipinski definition) is 0. The Balaban J connectivity index is 2.32. The molecule has 0 aliphatic heterocycles. The van der Waals surface area contributed by atoms with Crippen molar-refractivity contribution in [2.75, 3.05) is 0 Å². The molecule has 1 aromatic rings. The third-order valence-electron chi connectivity index (χ3n) is 5.03. The molecule has 0 heterocycles. The van der Waals surface area contributed by atoms with E-state index in [9.17, 15) is 0 Å². The fourth-order valence-electron chi connectivity index (χ4n) is 3.61. The first kappa shape index (κ1) is 11.8. The maximum absolute atomic E-state index is 2.44. The lowest BCUT2D eigenvalue weighted by Gasteiger charge is -2.43. The van der Waals surface area contributed by atoms with Gasteiger partial charge in [-0.3, -0.25) is 0 Å². The number of fused-ring (bicyclic) bond motifs is 2. The molecule has 0 spiro atoms. The highest BCUT2D eigenvalue weighted by molar-refractivity contribution is 5.87. The fraction of sp³-hybridized carbons (Fsp3) is 0.444. The van der Waals surface area contributed by atoms with Crippen LogP contribution in [0, 0.1) is 5.41 Å². The van der Waals surface area contributed by atoms with E-state index < -0.39 is 0 Å². The van der Waals surface area contributed by atoms with E-state index in [0.29, 0.717) is 0 Å². The number of allylic oxidation sites excluding steroid dienone is 4. The lowest BCUT2D eigenvalue weighted by Crippen LogP contribution is -2.37. The predicted molar refractivity (Wildman–Crippen MR) is 78.5 cm³/mol. The Morgan fingerprint density at radius 2 is 1.83 bits per heavy atom. The molecular weight excluding hydrogens is 216 g/mol. The van der Waals surface area contributed by atoms with Crippen LogP contribution in [0.15, 0.2) is 42.0 Å².